The molecule has 21 heavy (non-hydrogen) atoms. The third-order valence-electron chi connectivity index (χ3n) is 2.35. The Labute approximate surface area is 140 Å². The van der Waals surface area contributed by atoms with Gasteiger partial charge in [-0.1, -0.05) is 12.1 Å². The molecule has 0 amide bonds. The number of nitrogens with zero attached hydrogens (tertiary/aromatic N) is 3. The molecule has 0 aliphatic heterocycles. The molecule has 1 aromatic heterocycles. The first-order chi connectivity index (χ1) is 10.1. The van der Waals surface area contributed by atoms with E-state index in [0.717, 1.165) is 16.8 Å². The molecule has 0 bridgehead atoms. The number of benzene rings is 1. The maximum absolute atomic E-state index is 5.77. The average molecular weight is 370 g/mol. The summed E-state index contributed by atoms with van der Waals surface area (Å²) in [4.78, 5) is 4.17. The topological polar surface area (TPSA) is 91.4 Å². The maximum atomic E-state index is 5.77. The van der Waals surface area contributed by atoms with E-state index >= 15 is 0 Å². The van der Waals surface area contributed by atoms with E-state index in [-0.39, 0.29) is 5.11 Å². The van der Waals surface area contributed by atoms with Gasteiger partial charge in [-0.3, -0.25) is 10.7 Å². The van der Waals surface area contributed by atoms with Gasteiger partial charge in [0.15, 0.2) is 17.3 Å². The van der Waals surface area contributed by atoms with Crippen molar-refractivity contribution >= 4 is 39.3 Å². The van der Waals surface area contributed by atoms with Crippen molar-refractivity contribution in [3.63, 3.8) is 0 Å². The molecule has 0 unspecified atom stereocenters. The number of nitrogen functional groups attached to an aromatic ring is 1. The van der Waals surface area contributed by atoms with Crippen LogP contribution in [0.5, 0.6) is 0 Å². The molecule has 4 N–H and O–H groups in total. The van der Waals surface area contributed by atoms with Gasteiger partial charge in [-0.25, -0.2) is 0 Å². The fraction of sp³-hybridized carbons (Fsp3) is 0. The fourth-order valence-corrected chi connectivity index (χ4v) is 1.62. The Balaban J connectivity index is 0.00000106. The molecule has 8 heteroatoms. The summed E-state index contributed by atoms with van der Waals surface area (Å²) in [5.41, 5.74) is 18.1. The SMILES string of the molecule is NC(=[SH+])[N-]N=Cc1cc(-c2cccc(N)c2)ccn1.[Cl][Cu]. The molecule has 5 nitrogen and oxygen atoms in total. The molecule has 0 radical (unpaired) electrons. The zero-order valence-corrected chi connectivity index (χ0v) is 13.3. The molecule has 0 aliphatic rings. The second-order valence-electron chi connectivity index (χ2n) is 3.80. The number of anilines is 1. The molecule has 0 atom stereocenters. The van der Waals surface area contributed by atoms with E-state index in [1.165, 1.54) is 6.21 Å². The van der Waals surface area contributed by atoms with Gasteiger partial charge in [0, 0.05) is 18.1 Å². The summed E-state index contributed by atoms with van der Waals surface area (Å²) >= 11 is 7.47. The van der Waals surface area contributed by atoms with Gasteiger partial charge in [0.2, 0.25) is 0 Å². The second kappa shape index (κ2) is 9.44. The van der Waals surface area contributed by atoms with Crippen LogP contribution in [0.4, 0.5) is 5.69 Å². The van der Waals surface area contributed by atoms with E-state index in [9.17, 15) is 0 Å². The molecule has 0 spiro atoms. The summed E-state index contributed by atoms with van der Waals surface area (Å²) in [6.07, 6.45) is 3.21. The van der Waals surface area contributed by atoms with E-state index in [2.05, 4.69) is 52.9 Å². The standard InChI is InChI=1S/C13H13N5S.ClH.Cu/c14-11-3-1-2-9(6-11)10-4-5-16-12(7-10)8-17-18-13(15)19;;/h1-8H,14H2,(H3,15,16,18,19);1H;/q;;+1/p-1. The summed E-state index contributed by atoms with van der Waals surface area (Å²) in [5.74, 6) is 0. The Morgan fingerprint density at radius 2 is 2.00 bits per heavy atom. The Kier molecular flexibility index (Phi) is 7.89. The Morgan fingerprint density at radius 1 is 1.29 bits per heavy atom. The normalized spacial score (nSPS) is 9.90. The molecule has 2 rings (SSSR count). The van der Waals surface area contributed by atoms with Gasteiger partial charge in [-0.05, 0) is 35.4 Å². The number of rotatable bonds is 3. The summed E-state index contributed by atoms with van der Waals surface area (Å²) in [5, 5.41) is 3.87. The number of pyridine rings is 1. The van der Waals surface area contributed by atoms with Crippen LogP contribution in [0.2, 0.25) is 0 Å². The third kappa shape index (κ3) is 6.20. The minimum atomic E-state index is 0.100. The van der Waals surface area contributed by atoms with Crippen LogP contribution < -0.4 is 11.5 Å². The van der Waals surface area contributed by atoms with E-state index in [4.69, 9.17) is 11.5 Å². The zero-order chi connectivity index (χ0) is 15.7. The molecular weight excluding hydrogens is 357 g/mol. The molecule has 0 fully saturated rings. The minimum absolute atomic E-state index is 0.100. The monoisotopic (exact) mass is 369 g/mol. The van der Waals surface area contributed by atoms with Crippen molar-refractivity contribution in [3.8, 4) is 11.1 Å². The van der Waals surface area contributed by atoms with Crippen LogP contribution in [-0.4, -0.2) is 16.3 Å². The van der Waals surface area contributed by atoms with Crippen molar-refractivity contribution in [2.75, 3.05) is 5.73 Å². The average Bonchev–Trinajstić information content (AvgIpc) is 2.49. The third-order valence-corrected chi connectivity index (χ3v) is 2.44. The molecule has 0 aliphatic carbocycles. The fourth-order valence-electron chi connectivity index (χ4n) is 1.56. The second-order valence-corrected chi connectivity index (χ2v) is 4.26. The van der Waals surface area contributed by atoms with Crippen LogP contribution in [0, 0.1) is 0 Å². The number of halogens is 1. The number of nitrogens with two attached hydrogens (primary N) is 2. The number of hydrogen-bond acceptors (Lipinski definition) is 3. The Morgan fingerprint density at radius 3 is 2.67 bits per heavy atom. The first-order valence-electron chi connectivity index (χ1n) is 5.64. The molecule has 1 heterocycles. The molecule has 0 saturated heterocycles. The van der Waals surface area contributed by atoms with E-state index in [1.54, 1.807) is 6.20 Å². The van der Waals surface area contributed by atoms with Crippen molar-refractivity contribution in [1.82, 2.24) is 4.98 Å². The van der Waals surface area contributed by atoms with Gasteiger partial charge in [-0.2, -0.15) is 0 Å². The number of aromatic nitrogens is 1. The predicted octanol–water partition coefficient (Wildman–Crippen LogP) is 2.05. The van der Waals surface area contributed by atoms with Gasteiger partial charge < -0.3 is 16.3 Å². The van der Waals surface area contributed by atoms with Crippen LogP contribution in [-0.2, 0) is 27.3 Å². The van der Waals surface area contributed by atoms with Crippen LogP contribution in [0.15, 0.2) is 47.7 Å². The van der Waals surface area contributed by atoms with Gasteiger partial charge in [0.1, 0.15) is 0 Å². The summed E-state index contributed by atoms with van der Waals surface area (Å²) in [6, 6.07) is 11.4. The molecule has 0 saturated carbocycles. The summed E-state index contributed by atoms with van der Waals surface area (Å²) in [6.45, 7) is 0. The summed E-state index contributed by atoms with van der Waals surface area (Å²) < 4.78 is 0. The van der Waals surface area contributed by atoms with E-state index in [0.29, 0.717) is 5.69 Å². The van der Waals surface area contributed by atoms with Crippen LogP contribution in [0.25, 0.3) is 16.6 Å². The van der Waals surface area contributed by atoms with E-state index in [1.807, 2.05) is 36.4 Å². The van der Waals surface area contributed by atoms with Crippen LogP contribution >= 0.6 is 10.1 Å². The first kappa shape index (κ1) is 17.6. The van der Waals surface area contributed by atoms with Crippen molar-refractivity contribution in [2.45, 2.75) is 0 Å². The molecule has 114 valence electrons. The number of hydrogen-bond donors (Lipinski definition) is 2. The van der Waals surface area contributed by atoms with Crippen LogP contribution in [0.1, 0.15) is 5.69 Å². The van der Waals surface area contributed by atoms with E-state index < -0.39 is 0 Å². The van der Waals surface area contributed by atoms with Crippen molar-refractivity contribution in [2.24, 2.45) is 10.8 Å². The van der Waals surface area contributed by atoms with Crippen molar-refractivity contribution in [3.05, 3.63) is 53.7 Å². The zero-order valence-electron chi connectivity index (χ0n) is 10.7. The van der Waals surface area contributed by atoms with Gasteiger partial charge in [0.05, 0.1) is 5.69 Å². The van der Waals surface area contributed by atoms with Crippen LogP contribution in [0.3, 0.4) is 0 Å². The Bertz CT molecular complexity index is 635. The quantitative estimate of drug-likeness (QED) is 0.165. The van der Waals surface area contributed by atoms with Gasteiger partial charge in [-0.15, -0.1) is 0 Å². The summed E-state index contributed by atoms with van der Waals surface area (Å²) in [7, 11) is 4.20. The van der Waals surface area contributed by atoms with Crippen molar-refractivity contribution < 1.29 is 15.1 Å². The molecular formula is C13H13ClCuN5S. The first-order valence-corrected chi connectivity index (χ1v) is 7.38. The predicted molar refractivity (Wildman–Crippen MR) is 88.8 cm³/mol. The Hall–Kier alpha value is -1.50. The molecule has 1 aromatic carbocycles. The molecule has 2 aromatic rings. The van der Waals surface area contributed by atoms with Crippen molar-refractivity contribution in [1.29, 1.82) is 0 Å². The number of thiol groups is 1. The van der Waals surface area contributed by atoms with Gasteiger partial charge in [0.25, 0.3) is 0 Å². The van der Waals surface area contributed by atoms with Gasteiger partial charge >= 0.3 is 25.2 Å².